The summed E-state index contributed by atoms with van der Waals surface area (Å²) in [7, 11) is 1.72. The molecule has 0 spiro atoms. The van der Waals surface area contributed by atoms with Crippen LogP contribution in [0.15, 0.2) is 64.8 Å². The quantitative estimate of drug-likeness (QED) is 0.441. The number of thiophene rings is 1. The van der Waals surface area contributed by atoms with E-state index in [2.05, 4.69) is 9.97 Å². The van der Waals surface area contributed by atoms with Gasteiger partial charge in [-0.25, -0.2) is 9.37 Å². The highest BCUT2D eigenvalue weighted by Crippen LogP contribution is 2.30. The van der Waals surface area contributed by atoms with Gasteiger partial charge >= 0.3 is 0 Å². The van der Waals surface area contributed by atoms with E-state index in [1.165, 1.54) is 35.2 Å². The van der Waals surface area contributed by atoms with E-state index >= 15 is 0 Å². The van der Waals surface area contributed by atoms with E-state index in [-0.39, 0.29) is 23.0 Å². The molecule has 1 N–H and O–H groups in total. The number of nitrogens with zero attached hydrogens (tertiary/aromatic N) is 2. The Morgan fingerprint density at radius 2 is 1.90 bits per heavy atom. The molecule has 0 aliphatic heterocycles. The zero-order chi connectivity index (χ0) is 21.8. The molecule has 4 rings (SSSR count). The molecular weight excluding hydrogens is 433 g/mol. The number of rotatable bonds is 7. The lowest BCUT2D eigenvalue weighted by Crippen LogP contribution is -2.27. The SMILES string of the molecule is CN(Cc1ccc(F)cc1)C(=O)CSCc1nc2scc(-c3ccccc3)c2c(=O)[nH]1. The number of thioether (sulfide) groups is 1. The molecule has 31 heavy (non-hydrogen) atoms. The fraction of sp³-hybridized carbons (Fsp3) is 0.174. The van der Waals surface area contributed by atoms with E-state index in [0.29, 0.717) is 28.3 Å². The molecule has 0 atom stereocenters. The summed E-state index contributed by atoms with van der Waals surface area (Å²) in [4.78, 5) is 34.8. The van der Waals surface area contributed by atoms with E-state index in [0.717, 1.165) is 16.7 Å². The molecule has 0 saturated carbocycles. The Balaban J connectivity index is 1.38. The van der Waals surface area contributed by atoms with Gasteiger partial charge in [0.05, 0.1) is 16.9 Å². The Hall–Kier alpha value is -2.97. The number of amides is 1. The van der Waals surface area contributed by atoms with Crippen molar-refractivity contribution in [2.45, 2.75) is 12.3 Å². The van der Waals surface area contributed by atoms with Crippen molar-refractivity contribution >= 4 is 39.2 Å². The second-order valence-corrected chi connectivity index (χ2v) is 8.92. The molecule has 0 aliphatic carbocycles. The van der Waals surface area contributed by atoms with E-state index in [9.17, 15) is 14.0 Å². The summed E-state index contributed by atoms with van der Waals surface area (Å²) in [5.41, 5.74) is 2.56. The molecule has 2 aromatic heterocycles. The molecule has 158 valence electrons. The molecule has 2 heterocycles. The van der Waals surface area contributed by atoms with Gasteiger partial charge in [0.15, 0.2) is 0 Å². The lowest BCUT2D eigenvalue weighted by atomic mass is 10.1. The first-order chi connectivity index (χ1) is 15.0. The number of halogens is 1. The monoisotopic (exact) mass is 453 g/mol. The molecule has 0 fully saturated rings. The fourth-order valence-electron chi connectivity index (χ4n) is 3.19. The van der Waals surface area contributed by atoms with Crippen LogP contribution in [0.1, 0.15) is 11.4 Å². The van der Waals surface area contributed by atoms with Crippen LogP contribution in [0.4, 0.5) is 4.39 Å². The average Bonchev–Trinajstić information content (AvgIpc) is 3.20. The Morgan fingerprint density at radius 1 is 1.16 bits per heavy atom. The number of carbonyl (C=O) groups is 1. The van der Waals surface area contributed by atoms with Gasteiger partial charge in [-0.1, -0.05) is 42.5 Å². The fourth-order valence-corrected chi connectivity index (χ4v) is 4.98. The van der Waals surface area contributed by atoms with Gasteiger partial charge in [0.25, 0.3) is 5.56 Å². The Labute approximate surface area is 187 Å². The van der Waals surface area contributed by atoms with Crippen LogP contribution in [0.2, 0.25) is 0 Å². The van der Waals surface area contributed by atoms with Crippen molar-refractivity contribution in [1.29, 1.82) is 0 Å². The number of H-pyrrole nitrogens is 1. The zero-order valence-corrected chi connectivity index (χ0v) is 18.4. The van der Waals surface area contributed by atoms with Gasteiger partial charge in [0, 0.05) is 24.5 Å². The average molecular weight is 454 g/mol. The molecule has 5 nitrogen and oxygen atoms in total. The molecule has 8 heteroatoms. The Bertz CT molecular complexity index is 1250. The van der Waals surface area contributed by atoms with Crippen LogP contribution < -0.4 is 5.56 Å². The lowest BCUT2D eigenvalue weighted by molar-refractivity contribution is -0.127. The van der Waals surface area contributed by atoms with Gasteiger partial charge in [-0.15, -0.1) is 23.1 Å². The van der Waals surface area contributed by atoms with E-state index in [1.807, 2.05) is 35.7 Å². The van der Waals surface area contributed by atoms with Crippen molar-refractivity contribution in [2.24, 2.45) is 0 Å². The second kappa shape index (κ2) is 9.45. The van der Waals surface area contributed by atoms with Crippen LogP contribution in [0.5, 0.6) is 0 Å². The van der Waals surface area contributed by atoms with Crippen LogP contribution >= 0.6 is 23.1 Å². The Morgan fingerprint density at radius 3 is 2.65 bits per heavy atom. The number of hydrogen-bond donors (Lipinski definition) is 1. The van der Waals surface area contributed by atoms with Crippen molar-refractivity contribution in [1.82, 2.24) is 14.9 Å². The molecule has 0 unspecified atom stereocenters. The number of carbonyl (C=O) groups excluding carboxylic acids is 1. The summed E-state index contributed by atoms with van der Waals surface area (Å²) >= 11 is 2.84. The largest absolute Gasteiger partial charge is 0.341 e. The smallest absolute Gasteiger partial charge is 0.260 e. The van der Waals surface area contributed by atoms with Crippen LogP contribution in [-0.2, 0) is 17.1 Å². The van der Waals surface area contributed by atoms with Crippen LogP contribution in [0.3, 0.4) is 0 Å². The first-order valence-corrected chi connectivity index (χ1v) is 11.7. The van der Waals surface area contributed by atoms with Crippen molar-refractivity contribution < 1.29 is 9.18 Å². The molecule has 1 amide bonds. The summed E-state index contributed by atoms with van der Waals surface area (Å²) in [6.45, 7) is 0.415. The predicted molar refractivity (Wildman–Crippen MR) is 125 cm³/mol. The first-order valence-electron chi connectivity index (χ1n) is 9.63. The molecule has 0 radical (unpaired) electrons. The highest BCUT2D eigenvalue weighted by atomic mass is 32.2. The standard InChI is InChI=1S/C23H20FN3O2S2/c1-27(11-15-7-9-17(24)10-8-15)20(28)14-30-13-19-25-22(29)21-18(12-31-23(21)26-19)16-5-3-2-4-6-16/h2-10,12H,11,13-14H2,1H3,(H,25,26,29). The maximum absolute atomic E-state index is 13.0. The van der Waals surface area contributed by atoms with Gasteiger partial charge in [-0.3, -0.25) is 9.59 Å². The summed E-state index contributed by atoms with van der Waals surface area (Å²) in [5.74, 6) is 0.908. The number of nitrogens with one attached hydrogen (secondary N) is 1. The summed E-state index contributed by atoms with van der Waals surface area (Å²) in [5, 5.41) is 2.55. The third-order valence-electron chi connectivity index (χ3n) is 4.80. The number of fused-ring (bicyclic) bond motifs is 1. The minimum Gasteiger partial charge on any atom is -0.341 e. The topological polar surface area (TPSA) is 66.1 Å². The van der Waals surface area contributed by atoms with Crippen LogP contribution in [0, 0.1) is 5.82 Å². The van der Waals surface area contributed by atoms with E-state index < -0.39 is 0 Å². The van der Waals surface area contributed by atoms with Crippen molar-refractivity contribution in [3.05, 3.63) is 87.5 Å². The molecule has 0 saturated heterocycles. The molecule has 0 bridgehead atoms. The van der Waals surface area contributed by atoms with Crippen molar-refractivity contribution in [3.63, 3.8) is 0 Å². The molecule has 0 aliphatic rings. The maximum atomic E-state index is 13.0. The number of aromatic amines is 1. The molecular formula is C23H20FN3O2S2. The second-order valence-electron chi connectivity index (χ2n) is 7.08. The number of aromatic nitrogens is 2. The van der Waals surface area contributed by atoms with Gasteiger partial charge in [0.1, 0.15) is 16.5 Å². The van der Waals surface area contributed by atoms with Gasteiger partial charge in [-0.2, -0.15) is 0 Å². The third-order valence-corrected chi connectivity index (χ3v) is 6.60. The minimum absolute atomic E-state index is 0.0414. The zero-order valence-electron chi connectivity index (χ0n) is 16.8. The van der Waals surface area contributed by atoms with Gasteiger partial charge in [0.2, 0.25) is 5.91 Å². The van der Waals surface area contributed by atoms with Crippen LogP contribution in [0.25, 0.3) is 21.3 Å². The summed E-state index contributed by atoms with van der Waals surface area (Å²) in [6, 6.07) is 15.9. The van der Waals surface area contributed by atoms with E-state index in [1.54, 1.807) is 24.1 Å². The lowest BCUT2D eigenvalue weighted by Gasteiger charge is -2.17. The first kappa shape index (κ1) is 21.3. The summed E-state index contributed by atoms with van der Waals surface area (Å²) in [6.07, 6.45) is 0. The number of hydrogen-bond acceptors (Lipinski definition) is 5. The molecule has 2 aromatic carbocycles. The van der Waals surface area contributed by atoms with Gasteiger partial charge < -0.3 is 9.88 Å². The maximum Gasteiger partial charge on any atom is 0.260 e. The van der Waals surface area contributed by atoms with Crippen molar-refractivity contribution in [2.75, 3.05) is 12.8 Å². The minimum atomic E-state index is -0.298. The summed E-state index contributed by atoms with van der Waals surface area (Å²) < 4.78 is 13.0. The van der Waals surface area contributed by atoms with Gasteiger partial charge in [-0.05, 0) is 23.3 Å². The van der Waals surface area contributed by atoms with Crippen LogP contribution in [-0.4, -0.2) is 33.6 Å². The highest BCUT2D eigenvalue weighted by Gasteiger charge is 2.14. The van der Waals surface area contributed by atoms with Crippen molar-refractivity contribution in [3.8, 4) is 11.1 Å². The highest BCUT2D eigenvalue weighted by molar-refractivity contribution is 7.99. The molecule has 4 aromatic rings. The normalized spacial score (nSPS) is 11.0. The number of benzene rings is 2. The third kappa shape index (κ3) is 5.03. The van der Waals surface area contributed by atoms with E-state index in [4.69, 9.17) is 0 Å². The Kier molecular flexibility index (Phi) is 6.48. The predicted octanol–water partition coefficient (Wildman–Crippen LogP) is 4.68.